The normalized spacial score (nSPS) is 13.4. The standard InChI is InChI=1S/C24H23BrClN3O3/c1-15(2)28-10-11-29-20(12-17-8-9-18(26)13-19(17)25)27-23(30)22(21(29)24(28)31)32-14-16-6-4-3-5-7-16/h3-9,13,15H,10-12,14H2,1-2H3. The van der Waals surface area contributed by atoms with Crippen LogP contribution in [0.2, 0.25) is 5.02 Å². The van der Waals surface area contributed by atoms with E-state index in [9.17, 15) is 9.59 Å². The summed E-state index contributed by atoms with van der Waals surface area (Å²) in [4.78, 5) is 32.5. The molecule has 3 aromatic rings. The first-order valence-electron chi connectivity index (χ1n) is 10.4. The summed E-state index contributed by atoms with van der Waals surface area (Å²) in [7, 11) is 0. The maximum Gasteiger partial charge on any atom is 0.316 e. The number of rotatable bonds is 6. The molecular weight excluding hydrogens is 494 g/mol. The number of halogens is 2. The predicted molar refractivity (Wildman–Crippen MR) is 127 cm³/mol. The minimum Gasteiger partial charge on any atom is -0.481 e. The monoisotopic (exact) mass is 515 g/mol. The van der Waals surface area contributed by atoms with Crippen LogP contribution in [0.25, 0.3) is 0 Å². The highest BCUT2D eigenvalue weighted by Crippen LogP contribution is 2.27. The number of carbonyl (C=O) groups is 1. The maximum absolute atomic E-state index is 13.4. The summed E-state index contributed by atoms with van der Waals surface area (Å²) in [6.07, 6.45) is 0.383. The molecule has 0 radical (unpaired) electrons. The van der Waals surface area contributed by atoms with E-state index >= 15 is 0 Å². The van der Waals surface area contributed by atoms with Crippen LogP contribution in [-0.2, 0) is 19.6 Å². The molecule has 1 aliphatic rings. The molecule has 0 unspecified atom stereocenters. The first-order valence-corrected chi connectivity index (χ1v) is 11.6. The SMILES string of the molecule is CC(C)N1CCn2c(Cc3ccc(Cl)cc3Br)nc(=O)c(OCc3ccccc3)c2C1=O. The number of nitrogens with zero attached hydrogens (tertiary/aromatic N) is 3. The first kappa shape index (κ1) is 22.6. The van der Waals surface area contributed by atoms with Crippen molar-refractivity contribution in [1.82, 2.24) is 14.5 Å². The van der Waals surface area contributed by atoms with Gasteiger partial charge in [0, 0.05) is 35.0 Å². The second-order valence-corrected chi connectivity index (χ2v) is 9.23. The van der Waals surface area contributed by atoms with E-state index in [2.05, 4.69) is 20.9 Å². The van der Waals surface area contributed by atoms with Gasteiger partial charge in [0.05, 0.1) is 0 Å². The van der Waals surface area contributed by atoms with E-state index in [-0.39, 0.29) is 30.0 Å². The lowest BCUT2D eigenvalue weighted by Crippen LogP contribution is -2.46. The van der Waals surface area contributed by atoms with Crippen LogP contribution < -0.4 is 10.3 Å². The van der Waals surface area contributed by atoms with Crippen LogP contribution in [0.5, 0.6) is 5.75 Å². The molecule has 1 aliphatic heterocycles. The molecule has 0 bridgehead atoms. The van der Waals surface area contributed by atoms with E-state index in [0.29, 0.717) is 30.4 Å². The zero-order valence-corrected chi connectivity index (χ0v) is 20.2. The van der Waals surface area contributed by atoms with Crippen molar-refractivity contribution >= 4 is 33.4 Å². The first-order chi connectivity index (χ1) is 15.3. The Bertz CT molecular complexity index is 1210. The molecule has 0 aliphatic carbocycles. The molecule has 4 rings (SSSR count). The van der Waals surface area contributed by atoms with Gasteiger partial charge in [-0.2, -0.15) is 4.98 Å². The number of amides is 1. The second-order valence-electron chi connectivity index (χ2n) is 7.94. The molecule has 0 fully saturated rings. The quantitative estimate of drug-likeness (QED) is 0.477. The number of ether oxygens (including phenoxy) is 1. The molecule has 0 spiro atoms. The van der Waals surface area contributed by atoms with E-state index in [1.54, 1.807) is 17.0 Å². The van der Waals surface area contributed by atoms with Crippen molar-refractivity contribution in [2.24, 2.45) is 0 Å². The van der Waals surface area contributed by atoms with Crippen molar-refractivity contribution in [3.05, 3.63) is 91.0 Å². The highest BCUT2D eigenvalue weighted by atomic mass is 79.9. The molecule has 32 heavy (non-hydrogen) atoms. The van der Waals surface area contributed by atoms with Gasteiger partial charge in [-0.15, -0.1) is 0 Å². The number of benzene rings is 2. The fourth-order valence-corrected chi connectivity index (χ4v) is 4.63. The summed E-state index contributed by atoms with van der Waals surface area (Å²) in [5.41, 5.74) is 1.56. The average Bonchev–Trinajstić information content (AvgIpc) is 2.76. The van der Waals surface area contributed by atoms with Gasteiger partial charge in [0.1, 0.15) is 12.4 Å². The Labute approximate surface area is 199 Å². The van der Waals surface area contributed by atoms with E-state index in [1.165, 1.54) is 0 Å². The van der Waals surface area contributed by atoms with Crippen LogP contribution in [0.15, 0.2) is 57.8 Å². The van der Waals surface area contributed by atoms with Gasteiger partial charge < -0.3 is 14.2 Å². The largest absolute Gasteiger partial charge is 0.481 e. The van der Waals surface area contributed by atoms with Crippen molar-refractivity contribution < 1.29 is 9.53 Å². The van der Waals surface area contributed by atoms with E-state index in [4.69, 9.17) is 16.3 Å². The fourth-order valence-electron chi connectivity index (χ4n) is 3.80. The van der Waals surface area contributed by atoms with Crippen LogP contribution in [0.3, 0.4) is 0 Å². The lowest BCUT2D eigenvalue weighted by atomic mass is 10.1. The van der Waals surface area contributed by atoms with Gasteiger partial charge in [0.2, 0.25) is 5.75 Å². The molecule has 6 nitrogen and oxygen atoms in total. The summed E-state index contributed by atoms with van der Waals surface area (Å²) < 4.78 is 8.54. The zero-order valence-electron chi connectivity index (χ0n) is 17.8. The zero-order chi connectivity index (χ0) is 22.8. The molecule has 8 heteroatoms. The van der Waals surface area contributed by atoms with Gasteiger partial charge in [0.25, 0.3) is 5.91 Å². The van der Waals surface area contributed by atoms with E-state index in [0.717, 1.165) is 15.6 Å². The van der Waals surface area contributed by atoms with Gasteiger partial charge in [-0.25, -0.2) is 0 Å². The highest BCUT2D eigenvalue weighted by Gasteiger charge is 2.33. The average molecular weight is 517 g/mol. The van der Waals surface area contributed by atoms with Gasteiger partial charge in [-0.05, 0) is 37.1 Å². The maximum atomic E-state index is 13.4. The predicted octanol–water partition coefficient (Wildman–Crippen LogP) is 4.69. The molecule has 0 saturated heterocycles. The van der Waals surface area contributed by atoms with Crippen molar-refractivity contribution in [2.75, 3.05) is 6.54 Å². The molecule has 0 saturated carbocycles. The minimum atomic E-state index is -0.536. The Morgan fingerprint density at radius 1 is 1.12 bits per heavy atom. The van der Waals surface area contributed by atoms with Gasteiger partial charge >= 0.3 is 5.56 Å². The smallest absolute Gasteiger partial charge is 0.316 e. The third-order valence-corrected chi connectivity index (χ3v) is 6.44. The topological polar surface area (TPSA) is 64.4 Å². The molecule has 1 aromatic heterocycles. The molecule has 1 amide bonds. The van der Waals surface area contributed by atoms with Crippen molar-refractivity contribution in [3.63, 3.8) is 0 Å². The lowest BCUT2D eigenvalue weighted by molar-refractivity contribution is 0.0634. The molecule has 0 N–H and O–H groups in total. The second kappa shape index (κ2) is 9.46. The number of aromatic nitrogens is 2. The molecule has 166 valence electrons. The molecule has 0 atom stereocenters. The molecular formula is C24H23BrClN3O3. The van der Waals surface area contributed by atoms with Gasteiger partial charge in [-0.3, -0.25) is 9.59 Å². The fraction of sp³-hybridized carbons (Fsp3) is 0.292. The third kappa shape index (κ3) is 4.59. The Balaban J connectivity index is 1.77. The summed E-state index contributed by atoms with van der Waals surface area (Å²) in [5.74, 6) is 0.310. The summed E-state index contributed by atoms with van der Waals surface area (Å²) in [6, 6.07) is 15.0. The minimum absolute atomic E-state index is 0.00289. The number of fused-ring (bicyclic) bond motifs is 1. The van der Waals surface area contributed by atoms with Crippen molar-refractivity contribution in [2.45, 2.75) is 39.5 Å². The van der Waals surface area contributed by atoms with Crippen LogP contribution in [0.4, 0.5) is 0 Å². The number of hydrogen-bond donors (Lipinski definition) is 0. The van der Waals surface area contributed by atoms with Crippen LogP contribution >= 0.6 is 27.5 Å². The molecule has 2 heterocycles. The Morgan fingerprint density at radius 3 is 2.56 bits per heavy atom. The van der Waals surface area contributed by atoms with Gasteiger partial charge in [-0.1, -0.05) is 63.9 Å². The van der Waals surface area contributed by atoms with E-state index in [1.807, 2.05) is 54.8 Å². The Kier molecular flexibility index (Phi) is 6.67. The van der Waals surface area contributed by atoms with Crippen LogP contribution in [0, 0.1) is 0 Å². The number of hydrogen-bond acceptors (Lipinski definition) is 4. The highest BCUT2D eigenvalue weighted by molar-refractivity contribution is 9.10. The van der Waals surface area contributed by atoms with Crippen LogP contribution in [-0.4, -0.2) is 32.9 Å². The van der Waals surface area contributed by atoms with E-state index < -0.39 is 5.56 Å². The van der Waals surface area contributed by atoms with Crippen LogP contribution in [0.1, 0.15) is 41.3 Å². The van der Waals surface area contributed by atoms with Crippen molar-refractivity contribution in [1.29, 1.82) is 0 Å². The Morgan fingerprint density at radius 2 is 1.88 bits per heavy atom. The number of carbonyl (C=O) groups excluding carboxylic acids is 1. The lowest BCUT2D eigenvalue weighted by Gasteiger charge is -2.34. The summed E-state index contributed by atoms with van der Waals surface area (Å²) in [5, 5.41) is 0.611. The Hall–Kier alpha value is -2.64. The summed E-state index contributed by atoms with van der Waals surface area (Å²) in [6.45, 7) is 5.18. The third-order valence-electron chi connectivity index (χ3n) is 5.46. The molecule has 2 aromatic carbocycles. The van der Waals surface area contributed by atoms with Gasteiger partial charge in [0.15, 0.2) is 5.69 Å². The summed E-state index contributed by atoms with van der Waals surface area (Å²) >= 11 is 9.59. The van der Waals surface area contributed by atoms with Crippen molar-refractivity contribution in [3.8, 4) is 5.75 Å².